The van der Waals surface area contributed by atoms with Crippen molar-refractivity contribution in [2.24, 2.45) is 5.73 Å². The Hall–Kier alpha value is 0.270. The largest absolute Gasteiger partial charge is 0.326 e. The smallest absolute Gasteiger partial charge is 0.0335 e. The minimum absolute atomic E-state index is 0.387. The summed E-state index contributed by atoms with van der Waals surface area (Å²) in [5.41, 5.74) is 6.17. The number of nitrogens with zero attached hydrogens (tertiary/aromatic N) is 1. The van der Waals surface area contributed by atoms with Crippen molar-refractivity contribution in [2.75, 3.05) is 25.1 Å². The molecule has 0 aromatic rings. The lowest BCUT2D eigenvalue weighted by atomic mass is 10.0. The third-order valence-corrected chi connectivity index (χ3v) is 3.88. The maximum Gasteiger partial charge on any atom is 0.0335 e. The second-order valence-electron chi connectivity index (χ2n) is 3.93. The average molecular weight is 202 g/mol. The summed E-state index contributed by atoms with van der Waals surface area (Å²) >= 11 is 2.05. The van der Waals surface area contributed by atoms with Gasteiger partial charge in [-0.2, -0.15) is 11.8 Å². The average Bonchev–Trinajstić information content (AvgIpc) is 2.15. The van der Waals surface area contributed by atoms with Gasteiger partial charge in [0.15, 0.2) is 0 Å². The number of rotatable bonds is 4. The first-order chi connectivity index (χ1) is 6.25. The van der Waals surface area contributed by atoms with Gasteiger partial charge in [-0.3, -0.25) is 0 Å². The van der Waals surface area contributed by atoms with Crippen molar-refractivity contribution >= 4 is 11.8 Å². The predicted octanol–water partition coefficient (Wildman–Crippen LogP) is 1.55. The number of unbranched alkanes of at least 4 members (excludes halogenated alkanes) is 1. The summed E-state index contributed by atoms with van der Waals surface area (Å²) in [5.74, 6) is 2.49. The normalized spacial score (nSPS) is 27.5. The molecule has 1 heterocycles. The first kappa shape index (κ1) is 11.3. The molecular formula is C10H22N2S. The Labute approximate surface area is 86.2 Å². The van der Waals surface area contributed by atoms with E-state index in [1.807, 2.05) is 11.8 Å². The lowest BCUT2D eigenvalue weighted by Gasteiger charge is -2.36. The van der Waals surface area contributed by atoms with E-state index in [1.54, 1.807) is 0 Å². The van der Waals surface area contributed by atoms with Crippen molar-refractivity contribution in [3.8, 4) is 0 Å². The summed E-state index contributed by atoms with van der Waals surface area (Å²) in [5, 5.41) is 0. The third-order valence-electron chi connectivity index (χ3n) is 2.83. The van der Waals surface area contributed by atoms with Crippen LogP contribution in [0.4, 0.5) is 0 Å². The quantitative estimate of drug-likeness (QED) is 0.750. The van der Waals surface area contributed by atoms with Gasteiger partial charge in [0, 0.05) is 30.1 Å². The maximum absolute atomic E-state index is 6.17. The van der Waals surface area contributed by atoms with Crippen molar-refractivity contribution in [3.05, 3.63) is 0 Å². The van der Waals surface area contributed by atoms with Crippen LogP contribution < -0.4 is 5.73 Å². The molecule has 13 heavy (non-hydrogen) atoms. The fourth-order valence-electron chi connectivity index (χ4n) is 1.79. The molecule has 0 bridgehead atoms. The third kappa shape index (κ3) is 3.49. The minimum atomic E-state index is 0.387. The Kier molecular flexibility index (Phi) is 5.14. The second-order valence-corrected chi connectivity index (χ2v) is 5.08. The number of likely N-dealkylation sites (N-methyl/N-ethyl adjacent to an activating group) is 1. The monoisotopic (exact) mass is 202 g/mol. The van der Waals surface area contributed by atoms with Gasteiger partial charge < -0.3 is 10.6 Å². The van der Waals surface area contributed by atoms with Crippen molar-refractivity contribution < 1.29 is 0 Å². The Morgan fingerprint density at radius 2 is 2.38 bits per heavy atom. The minimum Gasteiger partial charge on any atom is -0.326 e. The molecule has 2 nitrogen and oxygen atoms in total. The molecule has 0 spiro atoms. The van der Waals surface area contributed by atoms with Gasteiger partial charge in [-0.05, 0) is 13.5 Å². The molecule has 0 aromatic carbocycles. The number of thioether (sulfide) groups is 1. The number of hydrogen-bond donors (Lipinski definition) is 1. The van der Waals surface area contributed by atoms with E-state index in [-0.39, 0.29) is 0 Å². The molecule has 78 valence electrons. The van der Waals surface area contributed by atoms with Crippen LogP contribution in [0.5, 0.6) is 0 Å². The van der Waals surface area contributed by atoms with Gasteiger partial charge in [0.05, 0.1) is 0 Å². The molecule has 1 fully saturated rings. The topological polar surface area (TPSA) is 29.3 Å². The fourth-order valence-corrected chi connectivity index (χ4v) is 3.12. The van der Waals surface area contributed by atoms with Gasteiger partial charge in [-0.25, -0.2) is 0 Å². The van der Waals surface area contributed by atoms with Gasteiger partial charge >= 0.3 is 0 Å². The number of nitrogens with two attached hydrogens (primary N) is 1. The standard InChI is InChI=1S/C10H22N2S/c1-3-4-5-9(11)10-8-13-7-6-12(10)2/h9-10H,3-8,11H2,1-2H3. The maximum atomic E-state index is 6.17. The highest BCUT2D eigenvalue weighted by Crippen LogP contribution is 2.18. The highest BCUT2D eigenvalue weighted by molar-refractivity contribution is 7.99. The molecule has 0 amide bonds. The van der Waals surface area contributed by atoms with Gasteiger partial charge in [-0.15, -0.1) is 0 Å². The van der Waals surface area contributed by atoms with Gasteiger partial charge in [0.2, 0.25) is 0 Å². The summed E-state index contributed by atoms with van der Waals surface area (Å²) in [4.78, 5) is 2.43. The Morgan fingerprint density at radius 1 is 1.62 bits per heavy atom. The molecule has 1 aliphatic rings. The van der Waals surface area contributed by atoms with Crippen molar-refractivity contribution in [2.45, 2.75) is 38.3 Å². The van der Waals surface area contributed by atoms with E-state index >= 15 is 0 Å². The van der Waals surface area contributed by atoms with Crippen LogP contribution in [0.1, 0.15) is 26.2 Å². The first-order valence-electron chi connectivity index (χ1n) is 5.29. The molecule has 0 aromatic heterocycles. The molecular weight excluding hydrogens is 180 g/mol. The van der Waals surface area contributed by atoms with E-state index in [0.717, 1.165) is 0 Å². The van der Waals surface area contributed by atoms with E-state index in [4.69, 9.17) is 5.73 Å². The van der Waals surface area contributed by atoms with Crippen LogP contribution in [0.3, 0.4) is 0 Å². The molecule has 1 aliphatic heterocycles. The lowest BCUT2D eigenvalue weighted by Crippen LogP contribution is -2.50. The summed E-state index contributed by atoms with van der Waals surface area (Å²) in [6, 6.07) is 1.00. The van der Waals surface area contributed by atoms with Crippen LogP contribution in [-0.4, -0.2) is 42.1 Å². The first-order valence-corrected chi connectivity index (χ1v) is 6.44. The molecule has 1 rings (SSSR count). The van der Waals surface area contributed by atoms with Gasteiger partial charge in [-0.1, -0.05) is 19.8 Å². The van der Waals surface area contributed by atoms with E-state index in [1.165, 1.54) is 37.3 Å². The molecule has 1 saturated heterocycles. The summed E-state index contributed by atoms with van der Waals surface area (Å²) in [6.07, 6.45) is 3.72. The zero-order chi connectivity index (χ0) is 9.68. The molecule has 3 heteroatoms. The van der Waals surface area contributed by atoms with Gasteiger partial charge in [0.25, 0.3) is 0 Å². The summed E-state index contributed by atoms with van der Waals surface area (Å²) < 4.78 is 0. The lowest BCUT2D eigenvalue weighted by molar-refractivity contribution is 0.229. The van der Waals surface area contributed by atoms with Crippen LogP contribution >= 0.6 is 11.8 Å². The van der Waals surface area contributed by atoms with Crippen LogP contribution in [0.15, 0.2) is 0 Å². The molecule has 0 saturated carbocycles. The van der Waals surface area contributed by atoms with Crippen molar-refractivity contribution in [1.29, 1.82) is 0 Å². The zero-order valence-corrected chi connectivity index (χ0v) is 9.65. The van der Waals surface area contributed by atoms with Crippen LogP contribution in [0.2, 0.25) is 0 Å². The van der Waals surface area contributed by atoms with E-state index in [9.17, 15) is 0 Å². The summed E-state index contributed by atoms with van der Waals surface area (Å²) in [7, 11) is 2.20. The Bertz CT molecular complexity index is 141. The molecule has 2 N–H and O–H groups in total. The molecule has 2 atom stereocenters. The Morgan fingerprint density at radius 3 is 3.00 bits per heavy atom. The fraction of sp³-hybridized carbons (Fsp3) is 1.00. The zero-order valence-electron chi connectivity index (χ0n) is 8.83. The van der Waals surface area contributed by atoms with Crippen LogP contribution in [0, 0.1) is 0 Å². The molecule has 2 unspecified atom stereocenters. The molecule has 0 aliphatic carbocycles. The van der Waals surface area contributed by atoms with E-state index in [2.05, 4.69) is 18.9 Å². The Balaban J connectivity index is 2.30. The van der Waals surface area contributed by atoms with Gasteiger partial charge in [0.1, 0.15) is 0 Å². The van der Waals surface area contributed by atoms with E-state index < -0.39 is 0 Å². The highest BCUT2D eigenvalue weighted by Gasteiger charge is 2.24. The SMILES string of the molecule is CCCCC(N)C1CSCCN1C. The summed E-state index contributed by atoms with van der Waals surface area (Å²) in [6.45, 7) is 3.43. The highest BCUT2D eigenvalue weighted by atomic mass is 32.2. The van der Waals surface area contributed by atoms with E-state index in [0.29, 0.717) is 12.1 Å². The number of hydrogen-bond acceptors (Lipinski definition) is 3. The van der Waals surface area contributed by atoms with Crippen molar-refractivity contribution in [3.63, 3.8) is 0 Å². The van der Waals surface area contributed by atoms with Crippen LogP contribution in [-0.2, 0) is 0 Å². The second kappa shape index (κ2) is 5.89. The molecule has 0 radical (unpaired) electrons. The van der Waals surface area contributed by atoms with Crippen molar-refractivity contribution in [1.82, 2.24) is 4.90 Å². The van der Waals surface area contributed by atoms with Crippen LogP contribution in [0.25, 0.3) is 0 Å². The predicted molar refractivity (Wildman–Crippen MR) is 61.2 cm³/mol.